The molecule has 1 aromatic heterocycles. The molecule has 0 aliphatic carbocycles. The van der Waals surface area contributed by atoms with Gasteiger partial charge in [-0.25, -0.2) is 14.6 Å². The summed E-state index contributed by atoms with van der Waals surface area (Å²) in [5.74, 6) is 0.221. The smallest absolute Gasteiger partial charge is 0.407 e. The number of amides is 5. The standard InChI is InChI=1S/C33H40BrN5O9/c1-3-19-35-26(41)9-5-4-8-20-36-33(46)47-25(23-14-12-22-13-15-24(40)31(34)32(22)37-23)18-21-38(2)27(42)10-6-7-11-30(45)48-39-28(43)16-17-29(39)44/h1,12-15,25,40H,4-11,16-21H2,2H3,(H,35,41)(H,36,46). The third-order valence-corrected chi connectivity index (χ3v) is 8.27. The van der Waals surface area contributed by atoms with Gasteiger partial charge < -0.3 is 30.2 Å². The average Bonchev–Trinajstić information content (AvgIpc) is 3.38. The Hall–Kier alpha value is -4.71. The lowest BCUT2D eigenvalue weighted by atomic mass is 10.1. The van der Waals surface area contributed by atoms with Crippen molar-refractivity contribution in [3.63, 3.8) is 0 Å². The first-order valence-electron chi connectivity index (χ1n) is 15.7. The van der Waals surface area contributed by atoms with Crippen LogP contribution in [0.25, 0.3) is 10.9 Å². The maximum absolute atomic E-state index is 12.8. The van der Waals surface area contributed by atoms with Crippen LogP contribution in [0.5, 0.6) is 5.75 Å². The first kappa shape index (κ1) is 37.7. The third kappa shape index (κ3) is 11.8. The number of alkyl carbamates (subject to hydrolysis) is 1. The summed E-state index contributed by atoms with van der Waals surface area (Å²) >= 11 is 3.36. The van der Waals surface area contributed by atoms with Gasteiger partial charge in [-0.2, -0.15) is 0 Å². The van der Waals surface area contributed by atoms with E-state index in [4.69, 9.17) is 16.0 Å². The van der Waals surface area contributed by atoms with Crippen LogP contribution in [0, 0.1) is 12.3 Å². The van der Waals surface area contributed by atoms with Gasteiger partial charge in [0.25, 0.3) is 11.8 Å². The molecule has 1 saturated heterocycles. The van der Waals surface area contributed by atoms with Gasteiger partial charge in [0.1, 0.15) is 11.9 Å². The van der Waals surface area contributed by atoms with Crippen LogP contribution in [-0.4, -0.2) is 82.4 Å². The molecule has 1 unspecified atom stereocenters. The van der Waals surface area contributed by atoms with E-state index in [1.807, 2.05) is 0 Å². The van der Waals surface area contributed by atoms with Crippen molar-refractivity contribution in [2.75, 3.05) is 26.7 Å². The monoisotopic (exact) mass is 729 g/mol. The summed E-state index contributed by atoms with van der Waals surface area (Å²) < 4.78 is 6.15. The maximum atomic E-state index is 12.8. The van der Waals surface area contributed by atoms with Crippen LogP contribution >= 0.6 is 15.9 Å². The van der Waals surface area contributed by atoms with Crippen LogP contribution in [-0.2, 0) is 33.5 Å². The number of carbonyl (C=O) groups is 6. The lowest BCUT2D eigenvalue weighted by molar-refractivity contribution is -0.197. The van der Waals surface area contributed by atoms with Gasteiger partial charge in [-0.15, -0.1) is 11.5 Å². The number of phenols is 1. The normalized spacial score (nSPS) is 13.1. The van der Waals surface area contributed by atoms with Gasteiger partial charge in [-0.1, -0.05) is 18.4 Å². The lowest BCUT2D eigenvalue weighted by Gasteiger charge is -2.22. The summed E-state index contributed by atoms with van der Waals surface area (Å²) in [7, 11) is 1.62. The molecule has 5 amide bonds. The number of fused-ring (bicyclic) bond motifs is 1. The number of phenolic OH excluding ortho intramolecular Hbond substituents is 1. The van der Waals surface area contributed by atoms with Crippen LogP contribution in [0.4, 0.5) is 4.79 Å². The van der Waals surface area contributed by atoms with Gasteiger partial charge in [0.15, 0.2) is 0 Å². The minimum Gasteiger partial charge on any atom is -0.507 e. The molecule has 1 atom stereocenters. The second-order valence-electron chi connectivity index (χ2n) is 11.2. The lowest BCUT2D eigenvalue weighted by Crippen LogP contribution is -2.32. The molecular formula is C33H40BrN5O9. The summed E-state index contributed by atoms with van der Waals surface area (Å²) in [5.41, 5.74) is 0.908. The molecule has 15 heteroatoms. The van der Waals surface area contributed by atoms with E-state index in [2.05, 4.69) is 37.5 Å². The van der Waals surface area contributed by atoms with Crippen molar-refractivity contribution < 1.29 is 43.4 Å². The van der Waals surface area contributed by atoms with Gasteiger partial charge >= 0.3 is 12.1 Å². The van der Waals surface area contributed by atoms with E-state index >= 15 is 0 Å². The van der Waals surface area contributed by atoms with Crippen molar-refractivity contribution in [3.8, 4) is 18.1 Å². The molecule has 1 aliphatic heterocycles. The number of hydroxylamine groups is 2. The molecule has 0 radical (unpaired) electrons. The van der Waals surface area contributed by atoms with E-state index in [1.165, 1.54) is 11.0 Å². The number of rotatable bonds is 18. The summed E-state index contributed by atoms with van der Waals surface area (Å²) in [4.78, 5) is 83.4. The number of nitrogens with one attached hydrogen (secondary N) is 2. The Morgan fingerprint density at radius 3 is 2.44 bits per heavy atom. The Balaban J connectivity index is 1.51. The van der Waals surface area contributed by atoms with Crippen molar-refractivity contribution in [2.45, 2.75) is 76.7 Å². The zero-order valence-corrected chi connectivity index (χ0v) is 28.4. The Morgan fingerprint density at radius 2 is 1.71 bits per heavy atom. The van der Waals surface area contributed by atoms with Crippen molar-refractivity contribution in [1.82, 2.24) is 25.6 Å². The number of aromatic hydroxyl groups is 1. The van der Waals surface area contributed by atoms with Crippen LogP contribution in [0.3, 0.4) is 0 Å². The van der Waals surface area contributed by atoms with E-state index in [9.17, 15) is 33.9 Å². The van der Waals surface area contributed by atoms with Crippen LogP contribution in [0.15, 0.2) is 28.7 Å². The molecule has 0 saturated carbocycles. The molecule has 3 rings (SSSR count). The maximum Gasteiger partial charge on any atom is 0.407 e. The largest absolute Gasteiger partial charge is 0.507 e. The molecule has 48 heavy (non-hydrogen) atoms. The number of ether oxygens (including phenoxy) is 1. The van der Waals surface area contributed by atoms with Crippen molar-refractivity contribution in [1.29, 1.82) is 0 Å². The molecule has 1 aliphatic rings. The number of halogens is 1. The number of nitrogens with zero attached hydrogens (tertiary/aromatic N) is 3. The summed E-state index contributed by atoms with van der Waals surface area (Å²) in [6, 6.07) is 6.77. The fraction of sp³-hybridized carbons (Fsp3) is 0.485. The highest BCUT2D eigenvalue weighted by molar-refractivity contribution is 9.10. The Kier molecular flexibility index (Phi) is 15.1. The first-order valence-corrected chi connectivity index (χ1v) is 16.5. The molecule has 3 N–H and O–H groups in total. The summed E-state index contributed by atoms with van der Waals surface area (Å²) in [5, 5.41) is 16.7. The fourth-order valence-corrected chi connectivity index (χ4v) is 5.22. The second kappa shape index (κ2) is 19.2. The van der Waals surface area contributed by atoms with Crippen molar-refractivity contribution in [2.24, 2.45) is 0 Å². The Bertz CT molecular complexity index is 1530. The molecule has 1 fully saturated rings. The molecule has 2 heterocycles. The van der Waals surface area contributed by atoms with E-state index < -0.39 is 30.0 Å². The van der Waals surface area contributed by atoms with Crippen LogP contribution in [0.2, 0.25) is 0 Å². The van der Waals surface area contributed by atoms with Gasteiger partial charge in [0.2, 0.25) is 11.8 Å². The molecule has 2 aromatic rings. The van der Waals surface area contributed by atoms with Gasteiger partial charge in [0, 0.05) is 64.0 Å². The first-order chi connectivity index (χ1) is 23.0. The predicted octanol–water partition coefficient (Wildman–Crippen LogP) is 3.80. The summed E-state index contributed by atoms with van der Waals surface area (Å²) in [6.07, 6.45) is 7.00. The highest BCUT2D eigenvalue weighted by Crippen LogP contribution is 2.32. The topological polar surface area (TPSA) is 185 Å². The van der Waals surface area contributed by atoms with Gasteiger partial charge in [0.05, 0.1) is 22.2 Å². The molecule has 0 bridgehead atoms. The molecule has 258 valence electrons. The summed E-state index contributed by atoms with van der Waals surface area (Å²) in [6.45, 7) is 0.744. The number of benzene rings is 1. The third-order valence-electron chi connectivity index (χ3n) is 7.49. The zero-order chi connectivity index (χ0) is 35.1. The quantitative estimate of drug-likeness (QED) is 0.116. The number of hydrogen-bond donors (Lipinski definition) is 3. The number of carbonyl (C=O) groups excluding carboxylic acids is 6. The van der Waals surface area contributed by atoms with Crippen LogP contribution < -0.4 is 10.6 Å². The highest BCUT2D eigenvalue weighted by Gasteiger charge is 2.32. The molecule has 1 aromatic carbocycles. The minimum absolute atomic E-state index is 0.00695. The number of hydrogen-bond acceptors (Lipinski definition) is 10. The number of terminal acetylenes is 1. The van der Waals surface area contributed by atoms with E-state index in [0.29, 0.717) is 65.8 Å². The second-order valence-corrected chi connectivity index (χ2v) is 12.0. The van der Waals surface area contributed by atoms with Gasteiger partial charge in [-0.3, -0.25) is 19.2 Å². The van der Waals surface area contributed by atoms with Crippen LogP contribution in [0.1, 0.15) is 82.4 Å². The predicted molar refractivity (Wildman–Crippen MR) is 177 cm³/mol. The van der Waals surface area contributed by atoms with E-state index in [0.717, 1.165) is 5.39 Å². The van der Waals surface area contributed by atoms with Gasteiger partial charge in [-0.05, 0) is 59.8 Å². The zero-order valence-electron chi connectivity index (χ0n) is 26.8. The average molecular weight is 731 g/mol. The molecule has 0 spiro atoms. The van der Waals surface area contributed by atoms with E-state index in [-0.39, 0.29) is 62.8 Å². The minimum atomic E-state index is -0.829. The van der Waals surface area contributed by atoms with Crippen molar-refractivity contribution in [3.05, 3.63) is 34.4 Å². The fourth-order valence-electron chi connectivity index (χ4n) is 4.77. The number of unbranched alkanes of at least 4 members (excludes halogenated alkanes) is 3. The highest BCUT2D eigenvalue weighted by atomic mass is 79.9. The van der Waals surface area contributed by atoms with E-state index in [1.54, 1.807) is 25.2 Å². The number of aromatic nitrogens is 1. The number of pyridine rings is 1. The number of imide groups is 1. The van der Waals surface area contributed by atoms with Crippen molar-refractivity contribution >= 4 is 62.5 Å². The molecule has 14 nitrogen and oxygen atoms in total. The molecular weight excluding hydrogens is 690 g/mol. The Labute approximate surface area is 287 Å². The Morgan fingerprint density at radius 1 is 1.02 bits per heavy atom. The SMILES string of the molecule is C#CCNC(=O)CCCCCNC(=O)OC(CCN(C)C(=O)CCCCC(=O)ON1C(=O)CCC1=O)c1ccc2ccc(O)c(Br)c2n1.